The molecule has 0 atom stereocenters. The average Bonchev–Trinajstić information content (AvgIpc) is 3.12. The van der Waals surface area contributed by atoms with Crippen LogP contribution >= 0.6 is 0 Å². The molecule has 1 fully saturated rings. The van der Waals surface area contributed by atoms with Crippen molar-refractivity contribution in [2.75, 3.05) is 5.32 Å². The highest BCUT2D eigenvalue weighted by molar-refractivity contribution is 5.32. The van der Waals surface area contributed by atoms with Gasteiger partial charge in [-0.15, -0.1) is 0 Å². The van der Waals surface area contributed by atoms with E-state index >= 15 is 0 Å². The molecule has 0 radical (unpaired) electrons. The number of nitrogens with zero attached hydrogens (tertiary/aromatic N) is 2. The van der Waals surface area contributed by atoms with E-state index in [2.05, 4.69) is 59.2 Å². The maximum atomic E-state index is 4.58. The highest BCUT2D eigenvalue weighted by Gasteiger charge is 2.22. The number of imidazole rings is 1. The van der Waals surface area contributed by atoms with Gasteiger partial charge in [0.2, 0.25) is 5.95 Å². The lowest BCUT2D eigenvalue weighted by molar-refractivity contribution is 0.696. The first-order valence-corrected chi connectivity index (χ1v) is 7.07. The van der Waals surface area contributed by atoms with Gasteiger partial charge in [-0.1, -0.05) is 24.3 Å². The quantitative estimate of drug-likeness (QED) is 0.888. The van der Waals surface area contributed by atoms with E-state index in [1.807, 2.05) is 0 Å². The first-order valence-electron chi connectivity index (χ1n) is 7.07. The molecule has 1 aromatic carbocycles. The summed E-state index contributed by atoms with van der Waals surface area (Å²) in [5.41, 5.74) is 3.88. The number of hydrogen-bond donors (Lipinski definition) is 1. The fourth-order valence-corrected chi connectivity index (χ4v) is 2.37. The minimum atomic E-state index is 0.652. The third-order valence-corrected chi connectivity index (χ3v) is 3.69. The van der Waals surface area contributed by atoms with Crippen LogP contribution in [0.3, 0.4) is 0 Å². The monoisotopic (exact) mass is 255 g/mol. The molecule has 19 heavy (non-hydrogen) atoms. The minimum Gasteiger partial charge on any atom is -0.353 e. The van der Waals surface area contributed by atoms with E-state index in [9.17, 15) is 0 Å². The molecule has 3 rings (SSSR count). The Morgan fingerprint density at radius 1 is 1.26 bits per heavy atom. The Balaban J connectivity index is 1.70. The zero-order chi connectivity index (χ0) is 13.2. The molecular weight excluding hydrogens is 234 g/mol. The molecule has 1 aliphatic rings. The van der Waals surface area contributed by atoms with Gasteiger partial charge in [-0.2, -0.15) is 0 Å². The molecule has 1 aliphatic carbocycles. The SMILES string of the molecule is Cc1cn(CCc2ccccc2C)c(NC2CC2)n1. The van der Waals surface area contributed by atoms with E-state index < -0.39 is 0 Å². The van der Waals surface area contributed by atoms with Gasteiger partial charge in [0, 0.05) is 18.8 Å². The first kappa shape index (κ1) is 12.3. The zero-order valence-corrected chi connectivity index (χ0v) is 11.7. The smallest absolute Gasteiger partial charge is 0.203 e. The number of anilines is 1. The van der Waals surface area contributed by atoms with Gasteiger partial charge in [0.25, 0.3) is 0 Å². The standard InChI is InChI=1S/C16H21N3/c1-12-5-3-4-6-14(12)9-10-19-11-13(2)17-16(19)18-15-7-8-15/h3-6,11,15H,7-10H2,1-2H3,(H,17,18). The molecule has 0 spiro atoms. The predicted molar refractivity (Wildman–Crippen MR) is 78.5 cm³/mol. The third kappa shape index (κ3) is 2.98. The van der Waals surface area contributed by atoms with Gasteiger partial charge in [-0.3, -0.25) is 0 Å². The summed E-state index contributed by atoms with van der Waals surface area (Å²) in [4.78, 5) is 4.58. The third-order valence-electron chi connectivity index (χ3n) is 3.69. The van der Waals surface area contributed by atoms with Gasteiger partial charge >= 0.3 is 0 Å². The molecule has 100 valence electrons. The molecule has 0 saturated heterocycles. The van der Waals surface area contributed by atoms with Crippen LogP contribution in [0.25, 0.3) is 0 Å². The molecule has 1 saturated carbocycles. The van der Waals surface area contributed by atoms with Crippen molar-refractivity contribution in [3.8, 4) is 0 Å². The first-order chi connectivity index (χ1) is 9.22. The molecule has 1 N–H and O–H groups in total. The van der Waals surface area contributed by atoms with Crippen LogP contribution in [-0.2, 0) is 13.0 Å². The Morgan fingerprint density at radius 2 is 2.05 bits per heavy atom. The Morgan fingerprint density at radius 3 is 2.79 bits per heavy atom. The van der Waals surface area contributed by atoms with Crippen molar-refractivity contribution in [3.05, 3.63) is 47.3 Å². The molecule has 0 unspecified atom stereocenters. The second-order valence-electron chi connectivity index (χ2n) is 5.49. The summed E-state index contributed by atoms with van der Waals surface area (Å²) in [6, 6.07) is 9.26. The summed E-state index contributed by atoms with van der Waals surface area (Å²) in [6.07, 6.45) is 5.76. The minimum absolute atomic E-state index is 0.652. The highest BCUT2D eigenvalue weighted by atomic mass is 15.2. The van der Waals surface area contributed by atoms with Gasteiger partial charge < -0.3 is 9.88 Å². The van der Waals surface area contributed by atoms with Gasteiger partial charge in [-0.05, 0) is 44.2 Å². The predicted octanol–water partition coefficient (Wildman–Crippen LogP) is 3.32. The molecule has 0 amide bonds. The van der Waals surface area contributed by atoms with Crippen LogP contribution in [0.15, 0.2) is 30.5 Å². The summed E-state index contributed by atoms with van der Waals surface area (Å²) >= 11 is 0. The molecule has 0 bridgehead atoms. The number of aromatic nitrogens is 2. The molecule has 3 heteroatoms. The average molecular weight is 255 g/mol. The Bertz CT molecular complexity index is 567. The normalized spacial score (nSPS) is 14.6. The highest BCUT2D eigenvalue weighted by Crippen LogP contribution is 2.24. The summed E-state index contributed by atoms with van der Waals surface area (Å²) in [5.74, 6) is 1.04. The van der Waals surface area contributed by atoms with Gasteiger partial charge in [-0.25, -0.2) is 4.98 Å². The summed E-state index contributed by atoms with van der Waals surface area (Å²) in [5, 5.41) is 3.51. The van der Waals surface area contributed by atoms with Gasteiger partial charge in [0.05, 0.1) is 5.69 Å². The van der Waals surface area contributed by atoms with Crippen molar-refractivity contribution in [2.45, 2.75) is 45.7 Å². The summed E-state index contributed by atoms with van der Waals surface area (Å²) < 4.78 is 2.25. The lowest BCUT2D eigenvalue weighted by Crippen LogP contribution is -2.10. The lowest BCUT2D eigenvalue weighted by atomic mass is 10.1. The van der Waals surface area contributed by atoms with Crippen molar-refractivity contribution >= 4 is 5.95 Å². The van der Waals surface area contributed by atoms with Crippen LogP contribution in [0.5, 0.6) is 0 Å². The van der Waals surface area contributed by atoms with Crippen molar-refractivity contribution in [1.82, 2.24) is 9.55 Å². The van der Waals surface area contributed by atoms with E-state index in [1.165, 1.54) is 24.0 Å². The fraction of sp³-hybridized carbons (Fsp3) is 0.438. The van der Waals surface area contributed by atoms with Crippen molar-refractivity contribution in [1.29, 1.82) is 0 Å². The fourth-order valence-electron chi connectivity index (χ4n) is 2.37. The van der Waals surface area contributed by atoms with E-state index in [0.717, 1.165) is 24.6 Å². The second-order valence-corrected chi connectivity index (χ2v) is 5.49. The second kappa shape index (κ2) is 5.08. The molecule has 3 nitrogen and oxygen atoms in total. The van der Waals surface area contributed by atoms with Gasteiger partial charge in [0.1, 0.15) is 0 Å². The summed E-state index contributed by atoms with van der Waals surface area (Å²) in [6.45, 7) is 5.22. The molecular formula is C16H21N3. The van der Waals surface area contributed by atoms with Crippen molar-refractivity contribution < 1.29 is 0 Å². The Kier molecular flexibility index (Phi) is 3.28. The van der Waals surface area contributed by atoms with Crippen molar-refractivity contribution in [3.63, 3.8) is 0 Å². The van der Waals surface area contributed by atoms with E-state index in [0.29, 0.717) is 6.04 Å². The number of hydrogen-bond acceptors (Lipinski definition) is 2. The van der Waals surface area contributed by atoms with Crippen LogP contribution in [0.2, 0.25) is 0 Å². The van der Waals surface area contributed by atoms with Gasteiger partial charge in [0.15, 0.2) is 0 Å². The summed E-state index contributed by atoms with van der Waals surface area (Å²) in [7, 11) is 0. The molecule has 1 heterocycles. The van der Waals surface area contributed by atoms with Crippen LogP contribution in [0.4, 0.5) is 5.95 Å². The van der Waals surface area contributed by atoms with Crippen LogP contribution in [0, 0.1) is 13.8 Å². The maximum absolute atomic E-state index is 4.58. The van der Waals surface area contributed by atoms with Crippen LogP contribution < -0.4 is 5.32 Å². The lowest BCUT2D eigenvalue weighted by Gasteiger charge is -2.10. The molecule has 1 aromatic heterocycles. The molecule has 0 aliphatic heterocycles. The topological polar surface area (TPSA) is 29.9 Å². The van der Waals surface area contributed by atoms with Crippen molar-refractivity contribution in [2.24, 2.45) is 0 Å². The number of benzene rings is 1. The van der Waals surface area contributed by atoms with E-state index in [1.54, 1.807) is 0 Å². The number of rotatable bonds is 5. The number of aryl methyl sites for hydroxylation is 4. The largest absolute Gasteiger partial charge is 0.353 e. The Hall–Kier alpha value is -1.77. The Labute approximate surface area is 114 Å². The van der Waals surface area contributed by atoms with Crippen LogP contribution in [-0.4, -0.2) is 15.6 Å². The zero-order valence-electron chi connectivity index (χ0n) is 11.7. The van der Waals surface area contributed by atoms with E-state index in [-0.39, 0.29) is 0 Å². The maximum Gasteiger partial charge on any atom is 0.203 e. The van der Waals surface area contributed by atoms with Crippen LogP contribution in [0.1, 0.15) is 29.7 Å². The van der Waals surface area contributed by atoms with E-state index in [4.69, 9.17) is 0 Å². The molecule has 2 aromatic rings. The number of nitrogens with one attached hydrogen (secondary N) is 1.